The predicted molar refractivity (Wildman–Crippen MR) is 99.4 cm³/mol. The van der Waals surface area contributed by atoms with Crippen molar-refractivity contribution in [2.45, 2.75) is 32.7 Å². The van der Waals surface area contributed by atoms with Crippen LogP contribution in [-0.2, 0) is 16.0 Å². The Morgan fingerprint density at radius 2 is 1.73 bits per heavy atom. The van der Waals surface area contributed by atoms with Crippen molar-refractivity contribution in [1.29, 1.82) is 0 Å². The predicted octanol–water partition coefficient (Wildman–Crippen LogP) is 3.48. The summed E-state index contributed by atoms with van der Waals surface area (Å²) < 4.78 is 0. The molecule has 1 N–H and O–H groups in total. The summed E-state index contributed by atoms with van der Waals surface area (Å²) in [7, 11) is 0. The lowest BCUT2D eigenvalue weighted by Crippen LogP contribution is -2.30. The van der Waals surface area contributed by atoms with Gasteiger partial charge in [0.25, 0.3) is 11.7 Å². The summed E-state index contributed by atoms with van der Waals surface area (Å²) in [4.78, 5) is 30.8. The molecule has 0 aliphatic carbocycles. The second-order valence-electron chi connectivity index (χ2n) is 6.32. The van der Waals surface area contributed by atoms with Gasteiger partial charge in [0, 0.05) is 24.5 Å². The van der Waals surface area contributed by atoms with E-state index in [0.717, 1.165) is 24.0 Å². The molecule has 0 saturated carbocycles. The Morgan fingerprint density at radius 3 is 2.31 bits per heavy atom. The molecule has 2 aromatic rings. The fourth-order valence-electron chi connectivity index (χ4n) is 3.30. The van der Waals surface area contributed by atoms with E-state index >= 15 is 0 Å². The number of Topliss-reactive ketones (excluding diaryl/α,β-unsaturated/α-hetero) is 1. The van der Waals surface area contributed by atoms with Gasteiger partial charge in [0.2, 0.25) is 0 Å². The number of aryl methyl sites for hydroxylation is 1. The van der Waals surface area contributed by atoms with Crippen LogP contribution in [0.25, 0.3) is 5.76 Å². The van der Waals surface area contributed by atoms with Gasteiger partial charge in [0.15, 0.2) is 0 Å². The number of ketones is 1. The molecule has 1 amide bonds. The highest BCUT2D eigenvalue weighted by Crippen LogP contribution is 2.39. The van der Waals surface area contributed by atoms with Crippen LogP contribution in [0.5, 0.6) is 0 Å². The van der Waals surface area contributed by atoms with Crippen LogP contribution in [0.4, 0.5) is 0 Å². The number of rotatable bonds is 5. The molecular formula is C21H22N2O3. The molecule has 1 atom stereocenters. The van der Waals surface area contributed by atoms with Gasteiger partial charge in [-0.05, 0) is 36.1 Å². The quantitative estimate of drug-likeness (QED) is 0.509. The molecule has 134 valence electrons. The Bertz CT molecular complexity index is 841. The zero-order valence-electron chi connectivity index (χ0n) is 15.0. The second-order valence-corrected chi connectivity index (χ2v) is 6.32. The smallest absolute Gasteiger partial charge is 0.295 e. The van der Waals surface area contributed by atoms with Gasteiger partial charge in [0.05, 0.1) is 11.6 Å². The topological polar surface area (TPSA) is 70.5 Å². The molecule has 1 fully saturated rings. The fourth-order valence-corrected chi connectivity index (χ4v) is 3.30. The maximum atomic E-state index is 12.7. The summed E-state index contributed by atoms with van der Waals surface area (Å²) in [5.41, 5.74) is 2.58. The summed E-state index contributed by atoms with van der Waals surface area (Å²) in [6.45, 7) is 4.45. The van der Waals surface area contributed by atoms with E-state index in [2.05, 4.69) is 11.9 Å². The summed E-state index contributed by atoms with van der Waals surface area (Å²) in [6.07, 6.45) is 4.85. The standard InChI is InChI=1S/C21H22N2O3/c1-3-13-23-18(15-9-11-22-12-10-15)17(20(25)21(23)26)19(24)16-7-5-14(4-2)6-8-16/h5-12,18,24H,3-4,13H2,1-2H3/b19-17-. The van der Waals surface area contributed by atoms with Crippen LogP contribution in [-0.4, -0.2) is 33.2 Å². The molecule has 0 bridgehead atoms. The van der Waals surface area contributed by atoms with Crippen molar-refractivity contribution in [2.75, 3.05) is 6.54 Å². The zero-order valence-corrected chi connectivity index (χ0v) is 15.0. The SMILES string of the molecule is CCCN1C(=O)C(=O)/C(=C(\O)c2ccc(CC)cc2)C1c1ccncc1. The third-order valence-electron chi connectivity index (χ3n) is 4.66. The Balaban J connectivity index is 2.14. The minimum atomic E-state index is -0.641. The average Bonchev–Trinajstić information content (AvgIpc) is 2.93. The third kappa shape index (κ3) is 3.12. The number of carbonyl (C=O) groups excluding carboxylic acids is 2. The molecule has 3 rings (SSSR count). The lowest BCUT2D eigenvalue weighted by Gasteiger charge is -2.24. The molecule has 1 aliphatic heterocycles. The van der Waals surface area contributed by atoms with Crippen molar-refractivity contribution in [2.24, 2.45) is 0 Å². The number of benzene rings is 1. The van der Waals surface area contributed by atoms with Gasteiger partial charge < -0.3 is 10.0 Å². The van der Waals surface area contributed by atoms with Gasteiger partial charge in [-0.25, -0.2) is 0 Å². The van der Waals surface area contributed by atoms with Gasteiger partial charge in [0.1, 0.15) is 5.76 Å². The summed E-state index contributed by atoms with van der Waals surface area (Å²) >= 11 is 0. The highest BCUT2D eigenvalue weighted by atomic mass is 16.3. The van der Waals surface area contributed by atoms with Crippen molar-refractivity contribution >= 4 is 17.4 Å². The van der Waals surface area contributed by atoms with Gasteiger partial charge in [-0.3, -0.25) is 14.6 Å². The number of aromatic nitrogens is 1. The molecule has 0 radical (unpaired) electrons. The number of aliphatic hydroxyl groups excluding tert-OH is 1. The monoisotopic (exact) mass is 350 g/mol. The summed E-state index contributed by atoms with van der Waals surface area (Å²) in [6, 6.07) is 10.3. The maximum Gasteiger partial charge on any atom is 0.295 e. The lowest BCUT2D eigenvalue weighted by molar-refractivity contribution is -0.139. The second kappa shape index (κ2) is 7.52. The molecule has 1 aliphatic rings. The van der Waals surface area contributed by atoms with Gasteiger partial charge in [-0.2, -0.15) is 0 Å². The van der Waals surface area contributed by atoms with E-state index in [9.17, 15) is 14.7 Å². The van der Waals surface area contributed by atoms with Gasteiger partial charge in [-0.1, -0.05) is 38.1 Å². The van der Waals surface area contributed by atoms with E-state index in [0.29, 0.717) is 12.1 Å². The van der Waals surface area contributed by atoms with Crippen LogP contribution < -0.4 is 0 Å². The van der Waals surface area contributed by atoms with E-state index < -0.39 is 17.7 Å². The van der Waals surface area contributed by atoms with Gasteiger partial charge in [-0.15, -0.1) is 0 Å². The molecule has 2 heterocycles. The molecule has 1 unspecified atom stereocenters. The number of nitrogens with zero attached hydrogens (tertiary/aromatic N) is 2. The van der Waals surface area contributed by atoms with E-state index in [1.165, 1.54) is 4.90 Å². The Kier molecular flexibility index (Phi) is 5.16. The van der Waals surface area contributed by atoms with Crippen LogP contribution in [0.2, 0.25) is 0 Å². The lowest BCUT2D eigenvalue weighted by atomic mass is 9.95. The third-order valence-corrected chi connectivity index (χ3v) is 4.66. The first-order chi connectivity index (χ1) is 12.6. The van der Waals surface area contributed by atoms with E-state index in [1.54, 1.807) is 36.7 Å². The van der Waals surface area contributed by atoms with Gasteiger partial charge >= 0.3 is 0 Å². The van der Waals surface area contributed by atoms with Crippen molar-refractivity contribution < 1.29 is 14.7 Å². The molecule has 5 nitrogen and oxygen atoms in total. The molecule has 0 spiro atoms. The number of likely N-dealkylation sites (tertiary alicyclic amines) is 1. The highest BCUT2D eigenvalue weighted by molar-refractivity contribution is 6.46. The number of pyridine rings is 1. The first kappa shape index (κ1) is 17.9. The van der Waals surface area contributed by atoms with Crippen LogP contribution in [0.3, 0.4) is 0 Å². The van der Waals surface area contributed by atoms with Crippen LogP contribution in [0.15, 0.2) is 54.4 Å². The van der Waals surface area contributed by atoms with E-state index in [4.69, 9.17) is 0 Å². The van der Waals surface area contributed by atoms with E-state index in [-0.39, 0.29) is 11.3 Å². The minimum Gasteiger partial charge on any atom is -0.507 e. The molecule has 1 saturated heterocycles. The number of carbonyl (C=O) groups is 2. The van der Waals surface area contributed by atoms with Crippen LogP contribution >= 0.6 is 0 Å². The summed E-state index contributed by atoms with van der Waals surface area (Å²) in [5.74, 6) is -1.34. The molecule has 26 heavy (non-hydrogen) atoms. The van der Waals surface area contributed by atoms with Crippen molar-refractivity contribution in [3.63, 3.8) is 0 Å². The van der Waals surface area contributed by atoms with Crippen molar-refractivity contribution in [3.05, 3.63) is 71.1 Å². The summed E-state index contributed by atoms with van der Waals surface area (Å²) in [5, 5.41) is 10.9. The van der Waals surface area contributed by atoms with E-state index in [1.807, 2.05) is 19.1 Å². The molecular weight excluding hydrogens is 328 g/mol. The Morgan fingerprint density at radius 1 is 1.08 bits per heavy atom. The minimum absolute atomic E-state index is 0.133. The zero-order chi connectivity index (χ0) is 18.7. The molecule has 1 aromatic carbocycles. The first-order valence-corrected chi connectivity index (χ1v) is 8.86. The van der Waals surface area contributed by atoms with Crippen LogP contribution in [0, 0.1) is 0 Å². The number of hydrogen-bond donors (Lipinski definition) is 1. The number of hydrogen-bond acceptors (Lipinski definition) is 4. The average molecular weight is 350 g/mol. The van der Waals surface area contributed by atoms with Crippen molar-refractivity contribution in [1.82, 2.24) is 9.88 Å². The molecule has 1 aromatic heterocycles. The Hall–Kier alpha value is -2.95. The first-order valence-electron chi connectivity index (χ1n) is 8.86. The maximum absolute atomic E-state index is 12.7. The molecule has 5 heteroatoms. The van der Waals surface area contributed by atoms with Crippen LogP contribution in [0.1, 0.15) is 43.0 Å². The largest absolute Gasteiger partial charge is 0.507 e. The number of amides is 1. The Labute approximate surface area is 153 Å². The van der Waals surface area contributed by atoms with Crippen molar-refractivity contribution in [3.8, 4) is 0 Å². The fraction of sp³-hybridized carbons (Fsp3) is 0.286. The highest BCUT2D eigenvalue weighted by Gasteiger charge is 2.45. The number of aliphatic hydroxyl groups is 1. The normalized spacial score (nSPS) is 19.2.